The fraction of sp³-hybridized carbons (Fsp3) is 0. The highest BCUT2D eigenvalue weighted by Gasteiger charge is 2.00. The number of carbonyl (C=O) groups excluding carboxylic acids is 2. The van der Waals surface area contributed by atoms with Gasteiger partial charge in [0.25, 0.3) is 0 Å². The molecule has 12 heavy (non-hydrogen) atoms. The molecular formula is C8H8N2O2. The second-order valence-electron chi connectivity index (χ2n) is 2.22. The summed E-state index contributed by atoms with van der Waals surface area (Å²) in [5.41, 5.74) is 3.68. The summed E-state index contributed by atoms with van der Waals surface area (Å²) in [5.74, 6) is 5.11. The molecule has 0 aromatic heterocycles. The molecular weight excluding hydrogens is 156 g/mol. The van der Waals surface area contributed by atoms with E-state index in [4.69, 9.17) is 5.84 Å². The largest absolute Gasteiger partial charge is 0.324 e. The molecule has 0 spiro atoms. The highest BCUT2D eigenvalue weighted by Crippen LogP contribution is 2.11. The molecule has 0 aliphatic carbocycles. The summed E-state index contributed by atoms with van der Waals surface area (Å²) in [6, 6.07) is 4.67. The van der Waals surface area contributed by atoms with Crippen LogP contribution in [-0.2, 0) is 0 Å². The Kier molecular flexibility index (Phi) is 2.55. The Bertz CT molecular complexity index is 310. The minimum absolute atomic E-state index is 0.334. The lowest BCUT2D eigenvalue weighted by molar-refractivity contribution is 0.109. The third-order valence-corrected chi connectivity index (χ3v) is 1.51. The lowest BCUT2D eigenvalue weighted by Gasteiger charge is -2.01. The molecule has 0 unspecified atom stereocenters. The van der Waals surface area contributed by atoms with Crippen LogP contribution in [0.3, 0.4) is 0 Å². The van der Waals surface area contributed by atoms with E-state index in [1.807, 2.05) is 0 Å². The Hall–Kier alpha value is -1.68. The lowest BCUT2D eigenvalue weighted by atomic mass is 10.1. The first-order chi connectivity index (χ1) is 5.81. The monoisotopic (exact) mass is 164 g/mol. The van der Waals surface area contributed by atoms with Crippen LogP contribution in [0.25, 0.3) is 0 Å². The summed E-state index contributed by atoms with van der Waals surface area (Å²) in [6.45, 7) is 0. The van der Waals surface area contributed by atoms with Gasteiger partial charge in [-0.15, -0.1) is 0 Å². The van der Waals surface area contributed by atoms with Crippen LogP contribution in [0.2, 0.25) is 0 Å². The average molecular weight is 164 g/mol. The molecule has 4 heteroatoms. The molecule has 4 nitrogen and oxygen atoms in total. The van der Waals surface area contributed by atoms with Gasteiger partial charge < -0.3 is 5.43 Å². The normalized spacial score (nSPS) is 9.08. The number of benzene rings is 1. The number of carbonyl (C=O) groups is 2. The Morgan fingerprint density at radius 2 is 1.83 bits per heavy atom. The standard InChI is InChI=1S/C8H8N2O2/c9-10-8-2-1-6(4-11)7(3-8)5-12/h1-5,10H,9H2. The van der Waals surface area contributed by atoms with Crippen molar-refractivity contribution in [3.63, 3.8) is 0 Å². The molecule has 0 saturated heterocycles. The average Bonchev–Trinajstić information content (AvgIpc) is 2.16. The molecule has 1 aromatic rings. The van der Waals surface area contributed by atoms with Crippen molar-refractivity contribution in [3.8, 4) is 0 Å². The van der Waals surface area contributed by atoms with Crippen molar-refractivity contribution in [2.75, 3.05) is 5.43 Å². The van der Waals surface area contributed by atoms with Gasteiger partial charge >= 0.3 is 0 Å². The Balaban J connectivity index is 3.18. The molecule has 0 bridgehead atoms. The molecule has 1 rings (SSSR count). The van der Waals surface area contributed by atoms with Crippen molar-refractivity contribution < 1.29 is 9.59 Å². The van der Waals surface area contributed by atoms with Crippen LogP contribution in [0.5, 0.6) is 0 Å². The molecule has 0 fully saturated rings. The molecule has 3 N–H and O–H groups in total. The topological polar surface area (TPSA) is 72.2 Å². The number of anilines is 1. The van der Waals surface area contributed by atoms with Crippen LogP contribution < -0.4 is 11.3 Å². The summed E-state index contributed by atoms with van der Waals surface area (Å²) >= 11 is 0. The van der Waals surface area contributed by atoms with Gasteiger partial charge in [-0.3, -0.25) is 15.4 Å². The van der Waals surface area contributed by atoms with Gasteiger partial charge in [0.15, 0.2) is 12.6 Å². The van der Waals surface area contributed by atoms with Gasteiger partial charge in [-0.2, -0.15) is 0 Å². The maximum atomic E-state index is 10.4. The highest BCUT2D eigenvalue weighted by atomic mass is 16.1. The molecule has 0 atom stereocenters. The SMILES string of the molecule is NNc1ccc(C=O)c(C=O)c1. The number of nitrogens with two attached hydrogens (primary N) is 1. The lowest BCUT2D eigenvalue weighted by Crippen LogP contribution is -2.07. The van der Waals surface area contributed by atoms with E-state index in [0.29, 0.717) is 29.4 Å². The van der Waals surface area contributed by atoms with Gasteiger partial charge in [0.05, 0.1) is 0 Å². The summed E-state index contributed by atoms with van der Waals surface area (Å²) in [7, 11) is 0. The summed E-state index contributed by atoms with van der Waals surface area (Å²) < 4.78 is 0. The Morgan fingerprint density at radius 1 is 1.17 bits per heavy atom. The van der Waals surface area contributed by atoms with E-state index in [-0.39, 0.29) is 0 Å². The second kappa shape index (κ2) is 3.64. The minimum atomic E-state index is 0.334. The first-order valence-electron chi connectivity index (χ1n) is 3.33. The maximum Gasteiger partial charge on any atom is 0.150 e. The quantitative estimate of drug-likeness (QED) is 0.389. The number of nitrogen functional groups attached to an aromatic ring is 1. The number of hydrazine groups is 1. The number of aldehydes is 2. The van der Waals surface area contributed by atoms with Gasteiger partial charge in [-0.05, 0) is 18.2 Å². The summed E-state index contributed by atoms with van der Waals surface area (Å²) in [6.07, 6.45) is 1.24. The van der Waals surface area contributed by atoms with E-state index in [0.717, 1.165) is 0 Å². The zero-order valence-corrected chi connectivity index (χ0v) is 6.28. The van der Waals surface area contributed by atoms with E-state index < -0.39 is 0 Å². The van der Waals surface area contributed by atoms with Crippen LogP contribution in [0, 0.1) is 0 Å². The zero-order valence-electron chi connectivity index (χ0n) is 6.28. The summed E-state index contributed by atoms with van der Waals surface area (Å²) in [4.78, 5) is 20.8. The Morgan fingerprint density at radius 3 is 2.33 bits per heavy atom. The first-order valence-corrected chi connectivity index (χ1v) is 3.33. The summed E-state index contributed by atoms with van der Waals surface area (Å²) in [5, 5.41) is 0. The maximum absolute atomic E-state index is 10.4. The van der Waals surface area contributed by atoms with E-state index in [1.165, 1.54) is 12.1 Å². The second-order valence-corrected chi connectivity index (χ2v) is 2.22. The molecule has 0 aliphatic heterocycles. The molecule has 0 aliphatic rings. The predicted octanol–water partition coefficient (Wildman–Crippen LogP) is 0.597. The van der Waals surface area contributed by atoms with Gasteiger partial charge in [0, 0.05) is 16.8 Å². The number of hydrogen-bond acceptors (Lipinski definition) is 4. The van der Waals surface area contributed by atoms with Gasteiger partial charge in [0.2, 0.25) is 0 Å². The third kappa shape index (κ3) is 1.49. The molecule has 0 amide bonds. The number of hydrogen-bond donors (Lipinski definition) is 2. The van der Waals surface area contributed by atoms with Gasteiger partial charge in [-0.1, -0.05) is 0 Å². The van der Waals surface area contributed by atoms with Crippen molar-refractivity contribution in [2.45, 2.75) is 0 Å². The first kappa shape index (κ1) is 8.42. The van der Waals surface area contributed by atoms with Crippen LogP contribution in [0.15, 0.2) is 18.2 Å². The molecule has 1 aromatic carbocycles. The molecule has 0 radical (unpaired) electrons. The fourth-order valence-electron chi connectivity index (χ4n) is 0.874. The minimum Gasteiger partial charge on any atom is -0.324 e. The zero-order chi connectivity index (χ0) is 8.97. The van der Waals surface area contributed by atoms with Crippen molar-refractivity contribution in [2.24, 2.45) is 5.84 Å². The van der Waals surface area contributed by atoms with Crippen LogP contribution >= 0.6 is 0 Å². The van der Waals surface area contributed by atoms with E-state index in [9.17, 15) is 9.59 Å². The number of rotatable bonds is 3. The fourth-order valence-corrected chi connectivity index (χ4v) is 0.874. The van der Waals surface area contributed by atoms with Crippen molar-refractivity contribution in [3.05, 3.63) is 29.3 Å². The van der Waals surface area contributed by atoms with Crippen LogP contribution in [-0.4, -0.2) is 12.6 Å². The molecule has 0 saturated carbocycles. The molecule has 62 valence electrons. The van der Waals surface area contributed by atoms with E-state index in [1.54, 1.807) is 6.07 Å². The van der Waals surface area contributed by atoms with Crippen molar-refractivity contribution in [1.82, 2.24) is 0 Å². The predicted molar refractivity (Wildman–Crippen MR) is 45.0 cm³/mol. The highest BCUT2D eigenvalue weighted by molar-refractivity contribution is 5.91. The smallest absolute Gasteiger partial charge is 0.150 e. The van der Waals surface area contributed by atoms with Crippen molar-refractivity contribution in [1.29, 1.82) is 0 Å². The van der Waals surface area contributed by atoms with E-state index in [2.05, 4.69) is 5.43 Å². The van der Waals surface area contributed by atoms with E-state index >= 15 is 0 Å². The van der Waals surface area contributed by atoms with Crippen LogP contribution in [0.4, 0.5) is 5.69 Å². The molecule has 0 heterocycles. The Labute approximate surface area is 69.3 Å². The van der Waals surface area contributed by atoms with Crippen LogP contribution in [0.1, 0.15) is 20.7 Å². The van der Waals surface area contributed by atoms with Crippen molar-refractivity contribution >= 4 is 18.3 Å². The third-order valence-electron chi connectivity index (χ3n) is 1.51. The number of nitrogens with one attached hydrogen (secondary N) is 1. The van der Waals surface area contributed by atoms with Gasteiger partial charge in [-0.25, -0.2) is 0 Å². The van der Waals surface area contributed by atoms with Gasteiger partial charge in [0.1, 0.15) is 0 Å².